The molecular weight excluding hydrogens is 253 g/mol. The summed E-state index contributed by atoms with van der Waals surface area (Å²) in [6.07, 6.45) is 1.47. The third-order valence-electron chi connectivity index (χ3n) is 2.36. The summed E-state index contributed by atoms with van der Waals surface area (Å²) in [5, 5.41) is 26.4. The second-order valence-corrected chi connectivity index (χ2v) is 3.72. The average Bonchev–Trinajstić information content (AvgIpc) is 2.71. The first-order valence-electron chi connectivity index (χ1n) is 5.16. The standard InChI is InChI=1S/C11H8FN5O2/c1-16-6-7(5-13)11(15-16)14-9-3-2-8(12)4-10(9)17(18)19/h2-4,6H,1H3,(H,14,15). The Hall–Kier alpha value is -2.95. The van der Waals surface area contributed by atoms with Crippen molar-refractivity contribution in [1.82, 2.24) is 9.78 Å². The van der Waals surface area contributed by atoms with Gasteiger partial charge in [0.2, 0.25) is 0 Å². The molecule has 0 unspecified atom stereocenters. The summed E-state index contributed by atoms with van der Waals surface area (Å²) in [6.45, 7) is 0. The highest BCUT2D eigenvalue weighted by Crippen LogP contribution is 2.28. The largest absolute Gasteiger partial charge is 0.332 e. The molecule has 1 aromatic carbocycles. The van der Waals surface area contributed by atoms with Crippen LogP contribution in [0.25, 0.3) is 0 Å². The number of benzene rings is 1. The van der Waals surface area contributed by atoms with Crippen LogP contribution in [0, 0.1) is 27.3 Å². The molecule has 8 heteroatoms. The van der Waals surface area contributed by atoms with E-state index in [1.54, 1.807) is 7.05 Å². The van der Waals surface area contributed by atoms with E-state index in [9.17, 15) is 14.5 Å². The van der Waals surface area contributed by atoms with Crippen LogP contribution in [0.15, 0.2) is 24.4 Å². The molecule has 0 spiro atoms. The minimum atomic E-state index is -0.709. The van der Waals surface area contributed by atoms with Gasteiger partial charge >= 0.3 is 0 Å². The lowest BCUT2D eigenvalue weighted by atomic mass is 10.2. The third kappa shape index (κ3) is 2.50. The minimum Gasteiger partial charge on any atom is -0.332 e. The van der Waals surface area contributed by atoms with E-state index in [1.165, 1.54) is 16.9 Å². The summed E-state index contributed by atoms with van der Waals surface area (Å²) < 4.78 is 14.4. The number of nitro groups is 1. The van der Waals surface area contributed by atoms with E-state index >= 15 is 0 Å². The molecule has 0 fully saturated rings. The molecule has 1 heterocycles. The average molecular weight is 261 g/mol. The Morgan fingerprint density at radius 1 is 1.58 bits per heavy atom. The van der Waals surface area contributed by atoms with E-state index in [4.69, 9.17) is 5.26 Å². The molecule has 0 saturated heterocycles. The Bertz CT molecular complexity index is 689. The molecule has 96 valence electrons. The predicted molar refractivity (Wildman–Crippen MR) is 64.3 cm³/mol. The molecular formula is C11H8FN5O2. The van der Waals surface area contributed by atoms with Gasteiger partial charge < -0.3 is 5.32 Å². The van der Waals surface area contributed by atoms with Crippen molar-refractivity contribution in [1.29, 1.82) is 5.26 Å². The van der Waals surface area contributed by atoms with E-state index < -0.39 is 16.4 Å². The molecule has 0 saturated carbocycles. The maximum Gasteiger partial charge on any atom is 0.295 e. The van der Waals surface area contributed by atoms with Crippen molar-refractivity contribution >= 4 is 17.2 Å². The minimum absolute atomic E-state index is 0.0709. The SMILES string of the molecule is Cn1cc(C#N)c(Nc2ccc(F)cc2[N+](=O)[O-])n1. The highest BCUT2D eigenvalue weighted by atomic mass is 19.1. The molecule has 2 rings (SSSR count). The molecule has 2 aromatic rings. The highest BCUT2D eigenvalue weighted by molar-refractivity contribution is 5.70. The van der Waals surface area contributed by atoms with E-state index in [1.807, 2.05) is 6.07 Å². The molecule has 0 aliphatic carbocycles. The molecule has 0 radical (unpaired) electrons. The number of hydrogen-bond acceptors (Lipinski definition) is 5. The monoisotopic (exact) mass is 261 g/mol. The quantitative estimate of drug-likeness (QED) is 0.673. The second-order valence-electron chi connectivity index (χ2n) is 3.72. The topological polar surface area (TPSA) is 96.8 Å². The Morgan fingerprint density at radius 3 is 2.95 bits per heavy atom. The van der Waals surface area contributed by atoms with Gasteiger partial charge in [0.05, 0.1) is 11.0 Å². The summed E-state index contributed by atoms with van der Waals surface area (Å²) in [7, 11) is 1.62. The highest BCUT2D eigenvalue weighted by Gasteiger charge is 2.17. The molecule has 0 aliphatic heterocycles. The number of aromatic nitrogens is 2. The van der Waals surface area contributed by atoms with Crippen LogP contribution in [0.3, 0.4) is 0 Å². The fraction of sp³-hybridized carbons (Fsp3) is 0.0909. The fourth-order valence-electron chi connectivity index (χ4n) is 1.55. The van der Waals surface area contributed by atoms with Crippen molar-refractivity contribution in [3.8, 4) is 6.07 Å². The lowest BCUT2D eigenvalue weighted by Crippen LogP contribution is -1.99. The number of nitro benzene ring substituents is 1. The first-order chi connectivity index (χ1) is 9.01. The number of nitrogens with one attached hydrogen (secondary N) is 1. The van der Waals surface area contributed by atoms with Crippen LogP contribution in [0.1, 0.15) is 5.56 Å². The Kier molecular flexibility index (Phi) is 3.12. The van der Waals surface area contributed by atoms with Crippen LogP contribution < -0.4 is 5.32 Å². The first-order valence-corrected chi connectivity index (χ1v) is 5.16. The van der Waals surface area contributed by atoms with Crippen molar-refractivity contribution in [3.05, 3.63) is 45.9 Å². The number of halogens is 1. The number of nitrogens with zero attached hydrogens (tertiary/aromatic N) is 4. The van der Waals surface area contributed by atoms with Gasteiger partial charge in [-0.3, -0.25) is 14.8 Å². The molecule has 19 heavy (non-hydrogen) atoms. The molecule has 0 atom stereocenters. The van der Waals surface area contributed by atoms with E-state index in [0.717, 1.165) is 12.1 Å². The lowest BCUT2D eigenvalue weighted by molar-refractivity contribution is -0.384. The molecule has 1 N–H and O–H groups in total. The Morgan fingerprint density at radius 2 is 2.32 bits per heavy atom. The number of nitriles is 1. The van der Waals surface area contributed by atoms with Crippen molar-refractivity contribution < 1.29 is 9.31 Å². The Labute approximate surface area is 107 Å². The maximum absolute atomic E-state index is 13.0. The molecule has 0 bridgehead atoms. The summed E-state index contributed by atoms with van der Waals surface area (Å²) in [6, 6.07) is 5.02. The summed E-state index contributed by atoms with van der Waals surface area (Å²) in [5.41, 5.74) is -0.114. The number of rotatable bonds is 3. The summed E-state index contributed by atoms with van der Waals surface area (Å²) >= 11 is 0. The zero-order valence-electron chi connectivity index (χ0n) is 9.79. The van der Waals surface area contributed by atoms with E-state index in [-0.39, 0.29) is 17.1 Å². The summed E-state index contributed by atoms with van der Waals surface area (Å²) in [5.74, 6) is -0.529. The maximum atomic E-state index is 13.0. The van der Waals surface area contributed by atoms with Crippen molar-refractivity contribution in [2.45, 2.75) is 0 Å². The smallest absolute Gasteiger partial charge is 0.295 e. The molecule has 7 nitrogen and oxygen atoms in total. The third-order valence-corrected chi connectivity index (χ3v) is 2.36. The van der Waals surface area contributed by atoms with Gasteiger partial charge in [-0.25, -0.2) is 4.39 Å². The van der Waals surface area contributed by atoms with Gasteiger partial charge in [-0.05, 0) is 12.1 Å². The molecule has 0 aliphatic rings. The van der Waals surface area contributed by atoms with Gasteiger partial charge in [0.25, 0.3) is 5.69 Å². The van der Waals surface area contributed by atoms with Crippen LogP contribution in [0.2, 0.25) is 0 Å². The van der Waals surface area contributed by atoms with Gasteiger partial charge in [0, 0.05) is 13.2 Å². The van der Waals surface area contributed by atoms with Crippen molar-refractivity contribution in [3.63, 3.8) is 0 Å². The van der Waals surface area contributed by atoms with E-state index in [2.05, 4.69) is 10.4 Å². The van der Waals surface area contributed by atoms with Crippen LogP contribution >= 0.6 is 0 Å². The number of aryl methyl sites for hydroxylation is 1. The van der Waals surface area contributed by atoms with Gasteiger partial charge in [0.1, 0.15) is 23.1 Å². The normalized spacial score (nSPS) is 9.95. The van der Waals surface area contributed by atoms with Gasteiger partial charge in [-0.2, -0.15) is 10.4 Å². The number of anilines is 2. The van der Waals surface area contributed by atoms with Crippen LogP contribution in [-0.4, -0.2) is 14.7 Å². The Balaban J connectivity index is 2.44. The predicted octanol–water partition coefficient (Wildman–Crippen LogP) is 2.08. The van der Waals surface area contributed by atoms with Crippen molar-refractivity contribution in [2.75, 3.05) is 5.32 Å². The van der Waals surface area contributed by atoms with Crippen LogP contribution in [0.5, 0.6) is 0 Å². The molecule has 0 amide bonds. The second kappa shape index (κ2) is 4.73. The fourth-order valence-corrected chi connectivity index (χ4v) is 1.55. The number of hydrogen-bond donors (Lipinski definition) is 1. The van der Waals surface area contributed by atoms with Gasteiger partial charge in [-0.15, -0.1) is 0 Å². The van der Waals surface area contributed by atoms with Gasteiger partial charge in [-0.1, -0.05) is 0 Å². The van der Waals surface area contributed by atoms with Crippen LogP contribution in [-0.2, 0) is 7.05 Å². The zero-order chi connectivity index (χ0) is 14.0. The van der Waals surface area contributed by atoms with Crippen molar-refractivity contribution in [2.24, 2.45) is 7.05 Å². The van der Waals surface area contributed by atoms with E-state index in [0.29, 0.717) is 0 Å². The molecule has 1 aromatic heterocycles. The van der Waals surface area contributed by atoms with Gasteiger partial charge in [0.15, 0.2) is 5.82 Å². The zero-order valence-corrected chi connectivity index (χ0v) is 9.79. The van der Waals surface area contributed by atoms with Crippen LogP contribution in [0.4, 0.5) is 21.6 Å². The lowest BCUT2D eigenvalue weighted by Gasteiger charge is -2.04. The first kappa shape index (κ1) is 12.5. The summed E-state index contributed by atoms with van der Waals surface area (Å²) in [4.78, 5) is 10.1.